The van der Waals surface area contributed by atoms with E-state index in [4.69, 9.17) is 5.11 Å². The van der Waals surface area contributed by atoms with Crippen LogP contribution in [0.3, 0.4) is 0 Å². The van der Waals surface area contributed by atoms with Crippen molar-refractivity contribution < 1.29 is 15.0 Å². The lowest BCUT2D eigenvalue weighted by atomic mass is 9.72. The molecule has 0 spiro atoms. The second-order valence-electron chi connectivity index (χ2n) is 5.27. The lowest BCUT2D eigenvalue weighted by molar-refractivity contribution is -0.136. The molecule has 0 aromatic heterocycles. The van der Waals surface area contributed by atoms with Gasteiger partial charge in [-0.25, -0.2) is 0 Å². The van der Waals surface area contributed by atoms with E-state index in [9.17, 15) is 9.90 Å². The zero-order valence-corrected chi connectivity index (χ0v) is 10.6. The molecule has 19 heavy (non-hydrogen) atoms. The first kappa shape index (κ1) is 12.2. The topological polar surface area (TPSA) is 57.5 Å². The summed E-state index contributed by atoms with van der Waals surface area (Å²) in [7, 11) is 0. The highest BCUT2D eigenvalue weighted by Crippen LogP contribution is 2.44. The summed E-state index contributed by atoms with van der Waals surface area (Å²) in [5.74, 6) is -0.861. The van der Waals surface area contributed by atoms with Crippen molar-refractivity contribution in [3.05, 3.63) is 47.5 Å². The van der Waals surface area contributed by atoms with Crippen LogP contribution < -0.4 is 0 Å². The maximum atomic E-state index is 11.1. The van der Waals surface area contributed by atoms with Crippen molar-refractivity contribution in [2.45, 2.75) is 31.3 Å². The predicted molar refractivity (Wildman–Crippen MR) is 73.0 cm³/mol. The first-order valence-electron chi connectivity index (χ1n) is 6.55. The van der Waals surface area contributed by atoms with Gasteiger partial charge in [-0.05, 0) is 41.2 Å². The molecule has 1 fully saturated rings. The average molecular weight is 256 g/mol. The normalized spacial score (nSPS) is 17.1. The van der Waals surface area contributed by atoms with Crippen LogP contribution in [-0.4, -0.2) is 16.2 Å². The summed E-state index contributed by atoms with van der Waals surface area (Å²) in [5.41, 5.74) is 0.724. The summed E-state index contributed by atoms with van der Waals surface area (Å²) in [6.07, 6.45) is 2.39. The molecule has 2 aromatic carbocycles. The largest absolute Gasteiger partial charge is 0.481 e. The van der Waals surface area contributed by atoms with E-state index in [2.05, 4.69) is 0 Å². The number of fused-ring (bicyclic) bond motifs is 1. The van der Waals surface area contributed by atoms with Gasteiger partial charge in [-0.2, -0.15) is 0 Å². The fourth-order valence-corrected chi connectivity index (χ4v) is 2.89. The Hall–Kier alpha value is -1.87. The summed E-state index contributed by atoms with van der Waals surface area (Å²) >= 11 is 0. The Morgan fingerprint density at radius 1 is 1.16 bits per heavy atom. The second kappa shape index (κ2) is 4.35. The molecule has 0 unspecified atom stereocenters. The molecule has 3 heteroatoms. The Kier molecular flexibility index (Phi) is 2.79. The van der Waals surface area contributed by atoms with Crippen molar-refractivity contribution >= 4 is 16.7 Å². The van der Waals surface area contributed by atoms with Gasteiger partial charge in [-0.3, -0.25) is 4.79 Å². The van der Waals surface area contributed by atoms with Gasteiger partial charge in [0.25, 0.3) is 0 Å². The number of aliphatic hydroxyl groups is 1. The lowest BCUT2D eigenvalue weighted by Crippen LogP contribution is -2.35. The molecule has 3 nitrogen and oxygen atoms in total. The molecule has 0 radical (unpaired) electrons. The molecule has 0 bridgehead atoms. The van der Waals surface area contributed by atoms with Crippen LogP contribution in [-0.2, 0) is 16.8 Å². The Morgan fingerprint density at radius 3 is 2.53 bits per heavy atom. The summed E-state index contributed by atoms with van der Waals surface area (Å²) in [4.78, 5) is 11.1. The lowest BCUT2D eigenvalue weighted by Gasteiger charge is -2.38. The average Bonchev–Trinajstić information content (AvgIpc) is 2.36. The second-order valence-corrected chi connectivity index (χ2v) is 5.27. The summed E-state index contributed by atoms with van der Waals surface area (Å²) in [6.45, 7) is 0. The van der Waals surface area contributed by atoms with Crippen LogP contribution in [0.4, 0.5) is 0 Å². The number of carboxylic acids is 1. The highest BCUT2D eigenvalue weighted by atomic mass is 16.4. The van der Waals surface area contributed by atoms with Crippen LogP contribution in [0.15, 0.2) is 36.4 Å². The van der Waals surface area contributed by atoms with Gasteiger partial charge in [-0.1, -0.05) is 36.4 Å². The molecule has 2 aromatic rings. The molecular formula is C16H16O3. The summed E-state index contributed by atoms with van der Waals surface area (Å²) < 4.78 is 0. The molecule has 0 saturated heterocycles. The Balaban J connectivity index is 2.23. The van der Waals surface area contributed by atoms with E-state index in [0.29, 0.717) is 0 Å². The van der Waals surface area contributed by atoms with Gasteiger partial charge in [0.2, 0.25) is 0 Å². The van der Waals surface area contributed by atoms with Crippen LogP contribution >= 0.6 is 0 Å². The van der Waals surface area contributed by atoms with Crippen LogP contribution in [0.2, 0.25) is 0 Å². The quantitative estimate of drug-likeness (QED) is 0.887. The highest BCUT2D eigenvalue weighted by Gasteiger charge is 2.38. The van der Waals surface area contributed by atoms with Crippen molar-refractivity contribution in [3.8, 4) is 0 Å². The minimum absolute atomic E-state index is 0.0427. The van der Waals surface area contributed by atoms with Gasteiger partial charge in [-0.15, -0.1) is 0 Å². The zero-order chi connectivity index (χ0) is 13.5. The van der Waals surface area contributed by atoms with Gasteiger partial charge in [0, 0.05) is 0 Å². The number of hydrogen-bond donors (Lipinski definition) is 2. The number of aliphatic carboxylic acids is 1. The molecule has 0 atom stereocenters. The van der Waals surface area contributed by atoms with Gasteiger partial charge >= 0.3 is 5.97 Å². The van der Waals surface area contributed by atoms with E-state index in [-0.39, 0.29) is 6.42 Å². The van der Waals surface area contributed by atoms with E-state index in [1.807, 2.05) is 36.4 Å². The molecule has 1 aliphatic rings. The molecule has 0 heterocycles. The van der Waals surface area contributed by atoms with E-state index < -0.39 is 11.6 Å². The standard InChI is InChI=1S/C16H16O3/c17-15(18)10-13-12-5-2-1-4-11(12)6-7-14(13)16(19)8-3-9-16/h1-2,4-7,19H,3,8-10H2,(H,17,18). The fourth-order valence-electron chi connectivity index (χ4n) is 2.89. The minimum Gasteiger partial charge on any atom is -0.481 e. The Bertz CT molecular complexity index is 641. The first-order valence-corrected chi connectivity index (χ1v) is 6.55. The summed E-state index contributed by atoms with van der Waals surface area (Å²) in [5, 5.41) is 21.6. The monoisotopic (exact) mass is 256 g/mol. The third-order valence-corrected chi connectivity index (χ3v) is 4.05. The number of carboxylic acid groups (broad SMARTS) is 1. The van der Waals surface area contributed by atoms with Crippen molar-refractivity contribution in [2.24, 2.45) is 0 Å². The van der Waals surface area contributed by atoms with E-state index in [1.54, 1.807) is 0 Å². The zero-order valence-electron chi connectivity index (χ0n) is 10.6. The van der Waals surface area contributed by atoms with Crippen LogP contribution in [0.5, 0.6) is 0 Å². The maximum Gasteiger partial charge on any atom is 0.307 e. The maximum absolute atomic E-state index is 11.1. The van der Waals surface area contributed by atoms with Gasteiger partial charge in [0.15, 0.2) is 0 Å². The van der Waals surface area contributed by atoms with Crippen molar-refractivity contribution in [1.82, 2.24) is 0 Å². The van der Waals surface area contributed by atoms with Gasteiger partial charge in [0.1, 0.15) is 0 Å². The molecule has 1 saturated carbocycles. The van der Waals surface area contributed by atoms with Gasteiger partial charge in [0.05, 0.1) is 12.0 Å². The minimum atomic E-state index is -0.861. The van der Waals surface area contributed by atoms with Crippen molar-refractivity contribution in [1.29, 1.82) is 0 Å². The first-order chi connectivity index (χ1) is 9.10. The Labute approximate surface area is 111 Å². The van der Waals surface area contributed by atoms with Crippen molar-refractivity contribution in [2.75, 3.05) is 0 Å². The molecule has 1 aliphatic carbocycles. The highest BCUT2D eigenvalue weighted by molar-refractivity contribution is 5.90. The SMILES string of the molecule is O=C(O)Cc1c(C2(O)CCC2)ccc2ccccc12. The predicted octanol–water partition coefficient (Wildman–Crippen LogP) is 2.84. The van der Waals surface area contributed by atoms with Gasteiger partial charge < -0.3 is 10.2 Å². The molecule has 3 rings (SSSR count). The molecule has 0 aliphatic heterocycles. The third-order valence-electron chi connectivity index (χ3n) is 4.05. The fraction of sp³-hybridized carbons (Fsp3) is 0.312. The number of benzene rings is 2. The van der Waals surface area contributed by atoms with Crippen LogP contribution in [0.25, 0.3) is 10.8 Å². The summed E-state index contributed by atoms with van der Waals surface area (Å²) in [6, 6.07) is 11.6. The Morgan fingerprint density at radius 2 is 1.89 bits per heavy atom. The molecule has 0 amide bonds. The van der Waals surface area contributed by atoms with E-state index in [0.717, 1.165) is 41.2 Å². The van der Waals surface area contributed by atoms with Crippen molar-refractivity contribution in [3.63, 3.8) is 0 Å². The molecule has 98 valence electrons. The van der Waals surface area contributed by atoms with E-state index >= 15 is 0 Å². The number of hydrogen-bond acceptors (Lipinski definition) is 2. The van der Waals surface area contributed by atoms with Crippen LogP contribution in [0.1, 0.15) is 30.4 Å². The third kappa shape index (κ3) is 2.00. The van der Waals surface area contributed by atoms with E-state index in [1.165, 1.54) is 0 Å². The smallest absolute Gasteiger partial charge is 0.307 e. The number of carbonyl (C=O) groups is 1. The van der Waals surface area contributed by atoms with Crippen LogP contribution in [0, 0.1) is 0 Å². The number of rotatable bonds is 3. The molecular weight excluding hydrogens is 240 g/mol. The molecule has 2 N–H and O–H groups in total.